The normalized spacial score (nSPS) is 23.8. The lowest BCUT2D eigenvalue weighted by molar-refractivity contribution is -0.0544. The van der Waals surface area contributed by atoms with Crippen LogP contribution in [0.1, 0.15) is 25.0 Å². The van der Waals surface area contributed by atoms with E-state index in [1.807, 2.05) is 24.8 Å². The van der Waals surface area contributed by atoms with Crippen LogP contribution in [0.25, 0.3) is 0 Å². The van der Waals surface area contributed by atoms with Crippen molar-refractivity contribution in [3.05, 3.63) is 29.3 Å². The van der Waals surface area contributed by atoms with Crippen molar-refractivity contribution in [2.75, 3.05) is 26.2 Å². The molecule has 120 valence electrons. The maximum absolute atomic E-state index is 12.2. The summed E-state index contributed by atoms with van der Waals surface area (Å²) in [5, 5.41) is 3.01. The quantitative estimate of drug-likeness (QED) is 0.929. The molecule has 0 aliphatic carbocycles. The van der Waals surface area contributed by atoms with E-state index < -0.39 is 0 Å². The van der Waals surface area contributed by atoms with Crippen LogP contribution in [0.2, 0.25) is 0 Å². The number of morpholine rings is 1. The fraction of sp³-hybridized carbons (Fsp3) is 0.588. The maximum Gasteiger partial charge on any atom is 0.317 e. The Morgan fingerprint density at radius 2 is 2.09 bits per heavy atom. The van der Waals surface area contributed by atoms with E-state index in [9.17, 15) is 4.79 Å². The van der Waals surface area contributed by atoms with Gasteiger partial charge in [0, 0.05) is 26.1 Å². The number of nitrogens with one attached hydrogen (secondary N) is 1. The molecule has 2 aliphatic heterocycles. The maximum atomic E-state index is 12.2. The van der Waals surface area contributed by atoms with E-state index in [4.69, 9.17) is 9.47 Å². The third kappa shape index (κ3) is 3.53. The molecule has 0 spiro atoms. The first-order valence-corrected chi connectivity index (χ1v) is 8.04. The largest absolute Gasteiger partial charge is 0.493 e. The summed E-state index contributed by atoms with van der Waals surface area (Å²) in [6, 6.07) is 6.31. The summed E-state index contributed by atoms with van der Waals surface area (Å²) < 4.78 is 11.2. The number of fused-ring (bicyclic) bond motifs is 1. The van der Waals surface area contributed by atoms with Crippen molar-refractivity contribution >= 4 is 6.03 Å². The minimum Gasteiger partial charge on any atom is -0.493 e. The number of urea groups is 1. The third-order valence-electron chi connectivity index (χ3n) is 4.15. The van der Waals surface area contributed by atoms with Crippen LogP contribution < -0.4 is 10.1 Å². The molecule has 0 unspecified atom stereocenters. The number of carbonyl (C=O) groups is 1. The van der Waals surface area contributed by atoms with Crippen LogP contribution in [0.3, 0.4) is 0 Å². The van der Waals surface area contributed by atoms with Crippen LogP contribution in [0, 0.1) is 0 Å². The second-order valence-corrected chi connectivity index (χ2v) is 6.18. The van der Waals surface area contributed by atoms with Gasteiger partial charge in [-0.2, -0.15) is 0 Å². The van der Waals surface area contributed by atoms with E-state index >= 15 is 0 Å². The Kier molecular flexibility index (Phi) is 4.52. The first kappa shape index (κ1) is 15.2. The minimum absolute atomic E-state index is 0.00601. The molecule has 22 heavy (non-hydrogen) atoms. The van der Waals surface area contributed by atoms with Crippen LogP contribution in [-0.4, -0.2) is 49.4 Å². The molecule has 1 fully saturated rings. The van der Waals surface area contributed by atoms with Gasteiger partial charge in [-0.15, -0.1) is 0 Å². The van der Waals surface area contributed by atoms with E-state index in [0.717, 1.165) is 25.2 Å². The molecule has 0 aromatic heterocycles. The van der Waals surface area contributed by atoms with E-state index in [2.05, 4.69) is 17.4 Å². The molecule has 1 N–H and O–H groups in total. The zero-order chi connectivity index (χ0) is 15.5. The van der Waals surface area contributed by atoms with E-state index in [1.165, 1.54) is 11.1 Å². The number of hydrogen-bond donors (Lipinski definition) is 1. The highest BCUT2D eigenvalue weighted by molar-refractivity contribution is 5.74. The van der Waals surface area contributed by atoms with Crippen molar-refractivity contribution < 1.29 is 14.3 Å². The molecule has 2 atom stereocenters. The fourth-order valence-corrected chi connectivity index (χ4v) is 3.16. The standard InChI is InChI=1S/C17H24N2O3/c1-12-10-19(11-13(2)22-12)17(20)18-7-5-14-3-4-16-15(9-14)6-8-21-16/h3-4,9,12-13H,5-8,10-11H2,1-2H3,(H,18,20)/t12-,13-/m1/s1. The molecule has 2 heterocycles. The summed E-state index contributed by atoms with van der Waals surface area (Å²) >= 11 is 0. The van der Waals surface area contributed by atoms with Gasteiger partial charge in [-0.25, -0.2) is 4.79 Å². The van der Waals surface area contributed by atoms with Crippen LogP contribution >= 0.6 is 0 Å². The lowest BCUT2D eigenvalue weighted by Crippen LogP contribution is -2.51. The molecule has 3 rings (SSSR count). The van der Waals surface area contributed by atoms with Gasteiger partial charge < -0.3 is 19.7 Å². The molecule has 1 aromatic rings. The van der Waals surface area contributed by atoms with Crippen molar-refractivity contribution in [2.45, 2.75) is 38.9 Å². The zero-order valence-corrected chi connectivity index (χ0v) is 13.3. The average Bonchev–Trinajstić information content (AvgIpc) is 2.93. The van der Waals surface area contributed by atoms with E-state index in [1.54, 1.807) is 0 Å². The van der Waals surface area contributed by atoms with Gasteiger partial charge in [-0.1, -0.05) is 12.1 Å². The van der Waals surface area contributed by atoms with Gasteiger partial charge >= 0.3 is 6.03 Å². The Morgan fingerprint density at radius 3 is 2.86 bits per heavy atom. The van der Waals surface area contributed by atoms with Crippen LogP contribution in [-0.2, 0) is 17.6 Å². The SMILES string of the molecule is C[C@@H]1CN(C(=O)NCCc2ccc3c(c2)CCO3)C[C@@H](C)O1. The molecular formula is C17H24N2O3. The summed E-state index contributed by atoms with van der Waals surface area (Å²) in [4.78, 5) is 14.0. The van der Waals surface area contributed by atoms with Crippen molar-refractivity contribution in [2.24, 2.45) is 0 Å². The van der Waals surface area contributed by atoms with Crippen molar-refractivity contribution in [3.8, 4) is 5.75 Å². The van der Waals surface area contributed by atoms with E-state index in [0.29, 0.717) is 19.6 Å². The van der Waals surface area contributed by atoms with Gasteiger partial charge in [0.1, 0.15) is 5.75 Å². The molecule has 0 bridgehead atoms. The van der Waals surface area contributed by atoms with Crippen LogP contribution in [0.15, 0.2) is 18.2 Å². The Bertz CT molecular complexity index is 537. The lowest BCUT2D eigenvalue weighted by atomic mass is 10.1. The third-order valence-corrected chi connectivity index (χ3v) is 4.15. The molecule has 0 saturated carbocycles. The monoisotopic (exact) mass is 304 g/mol. The Labute approximate surface area is 131 Å². The number of amides is 2. The number of hydrogen-bond acceptors (Lipinski definition) is 3. The second-order valence-electron chi connectivity index (χ2n) is 6.18. The van der Waals surface area contributed by atoms with Gasteiger partial charge in [0.25, 0.3) is 0 Å². The fourth-order valence-electron chi connectivity index (χ4n) is 3.16. The Balaban J connectivity index is 1.47. The van der Waals surface area contributed by atoms with Crippen molar-refractivity contribution in [3.63, 3.8) is 0 Å². The minimum atomic E-state index is 0.00601. The van der Waals surface area contributed by atoms with Crippen LogP contribution in [0.5, 0.6) is 5.75 Å². The second kappa shape index (κ2) is 6.57. The number of ether oxygens (including phenoxy) is 2. The van der Waals surface area contributed by atoms with Gasteiger partial charge in [-0.3, -0.25) is 0 Å². The first-order chi connectivity index (χ1) is 10.6. The number of benzene rings is 1. The van der Waals surface area contributed by atoms with Crippen molar-refractivity contribution in [1.82, 2.24) is 10.2 Å². The smallest absolute Gasteiger partial charge is 0.317 e. The molecular weight excluding hydrogens is 280 g/mol. The average molecular weight is 304 g/mol. The van der Waals surface area contributed by atoms with E-state index in [-0.39, 0.29) is 18.2 Å². The van der Waals surface area contributed by atoms with Gasteiger partial charge in [-0.05, 0) is 37.5 Å². The highest BCUT2D eigenvalue weighted by atomic mass is 16.5. The molecule has 5 nitrogen and oxygen atoms in total. The summed E-state index contributed by atoms with van der Waals surface area (Å²) in [6.07, 6.45) is 2.03. The predicted octanol–water partition coefficient (Wildman–Crippen LogP) is 1.98. The number of nitrogens with zero attached hydrogens (tertiary/aromatic N) is 1. The number of rotatable bonds is 3. The topological polar surface area (TPSA) is 50.8 Å². The summed E-state index contributed by atoms with van der Waals surface area (Å²) in [6.45, 7) is 6.76. The molecule has 1 saturated heterocycles. The van der Waals surface area contributed by atoms with Crippen molar-refractivity contribution in [1.29, 1.82) is 0 Å². The number of carbonyl (C=O) groups excluding carboxylic acids is 1. The lowest BCUT2D eigenvalue weighted by Gasteiger charge is -2.35. The summed E-state index contributed by atoms with van der Waals surface area (Å²) in [5.41, 5.74) is 2.52. The van der Waals surface area contributed by atoms with Gasteiger partial charge in [0.05, 0.1) is 18.8 Å². The highest BCUT2D eigenvalue weighted by Crippen LogP contribution is 2.25. The predicted molar refractivity (Wildman–Crippen MR) is 84.3 cm³/mol. The highest BCUT2D eigenvalue weighted by Gasteiger charge is 2.25. The molecule has 0 radical (unpaired) electrons. The van der Waals surface area contributed by atoms with Crippen LogP contribution in [0.4, 0.5) is 4.79 Å². The Morgan fingerprint density at radius 1 is 1.32 bits per heavy atom. The molecule has 5 heteroatoms. The first-order valence-electron chi connectivity index (χ1n) is 8.04. The zero-order valence-electron chi connectivity index (χ0n) is 13.3. The molecule has 1 aromatic carbocycles. The van der Waals surface area contributed by atoms with Gasteiger partial charge in [0.15, 0.2) is 0 Å². The summed E-state index contributed by atoms with van der Waals surface area (Å²) in [5.74, 6) is 1.00. The molecule has 2 aliphatic rings. The van der Waals surface area contributed by atoms with Gasteiger partial charge in [0.2, 0.25) is 0 Å². The summed E-state index contributed by atoms with van der Waals surface area (Å²) in [7, 11) is 0. The Hall–Kier alpha value is -1.75. The molecule has 2 amide bonds.